The molecule has 1 saturated heterocycles. The summed E-state index contributed by atoms with van der Waals surface area (Å²) < 4.78 is 6.93. The summed E-state index contributed by atoms with van der Waals surface area (Å²) in [5, 5.41) is 7.16. The highest BCUT2D eigenvalue weighted by molar-refractivity contribution is 7.80. The maximum Gasteiger partial charge on any atom is 0.250 e. The number of anilines is 2. The summed E-state index contributed by atoms with van der Waals surface area (Å²) in [5.41, 5.74) is 3.31. The molecule has 9 heteroatoms. The van der Waals surface area contributed by atoms with Crippen molar-refractivity contribution in [2.24, 2.45) is 7.05 Å². The number of rotatable bonds is 6. The zero-order valence-corrected chi connectivity index (χ0v) is 18.7. The van der Waals surface area contributed by atoms with Crippen LogP contribution in [0.5, 0.6) is 0 Å². The molecule has 2 atom stereocenters. The molecule has 0 unspecified atom stereocenters. The third-order valence-electron chi connectivity index (χ3n) is 5.17. The topological polar surface area (TPSA) is 71.4 Å². The van der Waals surface area contributed by atoms with Crippen molar-refractivity contribution in [1.29, 1.82) is 0 Å². The van der Waals surface area contributed by atoms with E-state index in [1.807, 2.05) is 48.5 Å². The van der Waals surface area contributed by atoms with Crippen LogP contribution in [0, 0.1) is 0 Å². The van der Waals surface area contributed by atoms with Crippen LogP contribution in [0.3, 0.4) is 0 Å². The molecule has 3 aromatic rings. The third-order valence-corrected chi connectivity index (χ3v) is 5.79. The molecule has 1 aliphatic rings. The molecule has 3 heterocycles. The molecule has 0 spiro atoms. The number of methoxy groups -OCH3 is 1. The fourth-order valence-corrected chi connectivity index (χ4v) is 4.36. The van der Waals surface area contributed by atoms with Crippen LogP contribution in [0.4, 0.5) is 11.4 Å². The lowest BCUT2D eigenvalue weighted by Crippen LogP contribution is -2.30. The summed E-state index contributed by atoms with van der Waals surface area (Å²) in [7, 11) is 3.47. The molecule has 1 aliphatic heterocycles. The van der Waals surface area contributed by atoms with E-state index in [1.165, 1.54) is 7.11 Å². The molecule has 2 N–H and O–H groups in total. The first-order valence-corrected chi connectivity index (χ1v) is 10.5. The van der Waals surface area contributed by atoms with Gasteiger partial charge in [0.25, 0.3) is 0 Å². The van der Waals surface area contributed by atoms with Crippen LogP contribution < -0.4 is 15.5 Å². The Morgan fingerprint density at radius 2 is 2.13 bits per heavy atom. The number of benzene rings is 1. The van der Waals surface area contributed by atoms with Crippen molar-refractivity contribution in [2.45, 2.75) is 12.1 Å². The van der Waals surface area contributed by atoms with Gasteiger partial charge in [0.1, 0.15) is 12.6 Å². The molecular weight excluding hydrogens is 434 g/mol. The van der Waals surface area contributed by atoms with Crippen LogP contribution in [0.15, 0.2) is 60.9 Å². The molecule has 2 aromatic heterocycles. The van der Waals surface area contributed by atoms with Crippen LogP contribution in [-0.4, -0.2) is 34.3 Å². The van der Waals surface area contributed by atoms with E-state index in [-0.39, 0.29) is 24.6 Å². The van der Waals surface area contributed by atoms with E-state index in [4.69, 9.17) is 28.6 Å². The molecule has 0 aliphatic carbocycles. The lowest BCUT2D eigenvalue weighted by Gasteiger charge is -2.28. The number of aromatic nitrogens is 2. The average molecular weight is 456 g/mol. The highest BCUT2D eigenvalue weighted by Gasteiger charge is 2.41. The second-order valence-corrected chi connectivity index (χ2v) is 7.98. The van der Waals surface area contributed by atoms with Crippen molar-refractivity contribution < 1.29 is 9.53 Å². The minimum atomic E-state index is -0.271. The Balaban J connectivity index is 1.72. The Kier molecular flexibility index (Phi) is 6.22. The number of thiocarbonyl (C=S) groups is 1. The standard InChI is InChI=1S/C22H22ClN5O2S/c1-27-11-5-7-18(27)21-20(17-6-3-4-10-24-17)26-22(31)28(21)14-8-9-16(15(23)12-14)25-19(29)13-30-2/h3-12,20-21H,13H2,1-2H3,(H,25,29)(H,26,31)/t20-,21-/m0/s1. The van der Waals surface area contributed by atoms with E-state index >= 15 is 0 Å². The number of nitrogens with one attached hydrogen (secondary N) is 2. The number of amides is 1. The van der Waals surface area contributed by atoms with Crippen molar-refractivity contribution in [1.82, 2.24) is 14.9 Å². The second-order valence-electron chi connectivity index (χ2n) is 7.19. The van der Waals surface area contributed by atoms with Gasteiger partial charge in [-0.2, -0.15) is 0 Å². The minimum Gasteiger partial charge on any atom is -0.375 e. The lowest BCUT2D eigenvalue weighted by molar-refractivity contribution is -0.119. The molecule has 1 amide bonds. The van der Waals surface area contributed by atoms with Crippen LogP contribution >= 0.6 is 23.8 Å². The van der Waals surface area contributed by atoms with E-state index in [1.54, 1.807) is 18.3 Å². The SMILES string of the molecule is COCC(=O)Nc1ccc(N2C(=S)N[C@@H](c3ccccn3)[C@@H]2c2cccn2C)cc1Cl. The van der Waals surface area contributed by atoms with Crippen LogP contribution in [0.25, 0.3) is 0 Å². The summed E-state index contributed by atoms with van der Waals surface area (Å²) in [6.45, 7) is -0.0421. The zero-order valence-electron chi connectivity index (χ0n) is 17.1. The Morgan fingerprint density at radius 1 is 1.29 bits per heavy atom. The minimum absolute atomic E-state index is 0.0421. The number of nitrogens with zero attached hydrogens (tertiary/aromatic N) is 3. The predicted octanol–water partition coefficient (Wildman–Crippen LogP) is 3.84. The van der Waals surface area contributed by atoms with Crippen molar-refractivity contribution >= 4 is 46.2 Å². The predicted molar refractivity (Wildman–Crippen MR) is 125 cm³/mol. The number of pyridine rings is 1. The highest BCUT2D eigenvalue weighted by Crippen LogP contribution is 2.42. The van der Waals surface area contributed by atoms with Crippen LogP contribution in [0.2, 0.25) is 5.02 Å². The number of carbonyl (C=O) groups excluding carboxylic acids is 1. The number of ether oxygens (including phenoxy) is 1. The summed E-state index contributed by atoms with van der Waals surface area (Å²) in [5.74, 6) is -0.271. The zero-order chi connectivity index (χ0) is 22.0. The molecule has 1 fully saturated rings. The van der Waals surface area contributed by atoms with Gasteiger partial charge in [-0.15, -0.1) is 0 Å². The Hall–Kier alpha value is -2.94. The summed E-state index contributed by atoms with van der Waals surface area (Å²) in [6.07, 6.45) is 3.78. The molecule has 31 heavy (non-hydrogen) atoms. The van der Waals surface area contributed by atoms with E-state index in [9.17, 15) is 4.79 Å². The number of hydrogen-bond acceptors (Lipinski definition) is 4. The van der Waals surface area contributed by atoms with Crippen molar-refractivity contribution in [3.05, 3.63) is 77.3 Å². The molecule has 0 radical (unpaired) electrons. The molecule has 160 valence electrons. The Morgan fingerprint density at radius 3 is 2.77 bits per heavy atom. The first kappa shape index (κ1) is 21.3. The second kappa shape index (κ2) is 9.05. The fraction of sp³-hybridized carbons (Fsp3) is 0.227. The lowest BCUT2D eigenvalue weighted by atomic mass is 10.0. The number of aryl methyl sites for hydroxylation is 1. The van der Waals surface area contributed by atoms with Gasteiger partial charge >= 0.3 is 0 Å². The molecule has 1 aromatic carbocycles. The number of carbonyl (C=O) groups is 1. The van der Waals surface area contributed by atoms with Crippen LogP contribution in [0.1, 0.15) is 23.5 Å². The van der Waals surface area contributed by atoms with E-state index < -0.39 is 0 Å². The monoisotopic (exact) mass is 455 g/mol. The normalized spacial score (nSPS) is 18.2. The Bertz CT molecular complexity index is 1100. The first-order chi connectivity index (χ1) is 15.0. The Labute approximate surface area is 191 Å². The van der Waals surface area contributed by atoms with Crippen molar-refractivity contribution in [2.75, 3.05) is 23.9 Å². The van der Waals surface area contributed by atoms with Gasteiger partial charge in [-0.1, -0.05) is 17.7 Å². The maximum absolute atomic E-state index is 11.9. The summed E-state index contributed by atoms with van der Waals surface area (Å²) >= 11 is 12.2. The molecular formula is C22H22ClN5O2S. The van der Waals surface area contributed by atoms with Gasteiger partial charge in [-0.05, 0) is 54.7 Å². The van der Waals surface area contributed by atoms with Gasteiger partial charge in [-0.25, -0.2) is 0 Å². The smallest absolute Gasteiger partial charge is 0.250 e. The van der Waals surface area contributed by atoms with Crippen LogP contribution in [-0.2, 0) is 16.6 Å². The summed E-state index contributed by atoms with van der Waals surface area (Å²) in [6, 6.07) is 15.1. The van der Waals surface area contributed by atoms with E-state index in [0.717, 1.165) is 17.1 Å². The maximum atomic E-state index is 11.9. The quantitative estimate of drug-likeness (QED) is 0.550. The first-order valence-electron chi connectivity index (χ1n) is 9.70. The molecule has 7 nitrogen and oxygen atoms in total. The molecule has 0 bridgehead atoms. The van der Waals surface area contributed by atoms with E-state index in [0.29, 0.717) is 15.8 Å². The summed E-state index contributed by atoms with van der Waals surface area (Å²) in [4.78, 5) is 18.4. The number of hydrogen-bond donors (Lipinski definition) is 2. The van der Waals surface area contributed by atoms with Gasteiger partial charge < -0.3 is 24.8 Å². The van der Waals surface area contributed by atoms with Gasteiger partial charge in [0.15, 0.2) is 5.11 Å². The van der Waals surface area contributed by atoms with E-state index in [2.05, 4.69) is 26.3 Å². The van der Waals surface area contributed by atoms with Crippen molar-refractivity contribution in [3.8, 4) is 0 Å². The molecule has 0 saturated carbocycles. The van der Waals surface area contributed by atoms with Gasteiger partial charge in [-0.3, -0.25) is 9.78 Å². The fourth-order valence-electron chi connectivity index (χ4n) is 3.79. The number of halogens is 1. The van der Waals surface area contributed by atoms with Crippen molar-refractivity contribution in [3.63, 3.8) is 0 Å². The van der Waals surface area contributed by atoms with Gasteiger partial charge in [0, 0.05) is 37.9 Å². The largest absolute Gasteiger partial charge is 0.375 e. The average Bonchev–Trinajstić information content (AvgIpc) is 3.32. The van der Waals surface area contributed by atoms with Gasteiger partial charge in [0.05, 0.1) is 22.4 Å². The van der Waals surface area contributed by atoms with Gasteiger partial charge in [0.2, 0.25) is 5.91 Å². The highest BCUT2D eigenvalue weighted by atomic mass is 35.5. The third kappa shape index (κ3) is 4.27. The molecule has 4 rings (SSSR count).